The number of nitrogens with one attached hydrogen (secondary N) is 2. The smallest absolute Gasteiger partial charge is 0.358 e. The molecule has 0 spiro atoms. The Morgan fingerprint density at radius 3 is 1.79 bits per heavy atom. The summed E-state index contributed by atoms with van der Waals surface area (Å²) in [5.41, 5.74) is 2.26. The largest absolute Gasteiger partial charge is 0.501 e. The van der Waals surface area contributed by atoms with Gasteiger partial charge in [0.1, 0.15) is 0 Å². The van der Waals surface area contributed by atoms with Crippen molar-refractivity contribution in [2.75, 3.05) is 0 Å². The number of hydrazine groups is 1. The Morgan fingerprint density at radius 2 is 1.43 bits per heavy atom. The third kappa shape index (κ3) is 1.42. The van der Waals surface area contributed by atoms with Crippen molar-refractivity contribution in [3.8, 4) is 0 Å². The van der Waals surface area contributed by atoms with Crippen LogP contribution in [0.15, 0.2) is 11.5 Å². The van der Waals surface area contributed by atoms with Crippen molar-refractivity contribution in [3.05, 3.63) is 48.0 Å². The van der Waals surface area contributed by atoms with Crippen molar-refractivity contribution in [1.29, 1.82) is 0 Å². The van der Waals surface area contributed by atoms with Gasteiger partial charge in [0, 0.05) is 0 Å². The van der Waals surface area contributed by atoms with Crippen molar-refractivity contribution in [2.45, 2.75) is 0 Å². The van der Waals surface area contributed by atoms with Crippen molar-refractivity contribution in [1.82, 2.24) is 10.9 Å². The number of rotatable bonds is 3. The molecule has 11 heteroatoms. The predicted octanol–water partition coefficient (Wildman–Crippen LogP) is -1.42. The molecule has 11 nitrogen and oxygen atoms in total. The van der Waals surface area contributed by atoms with Crippen LogP contribution in [0.25, 0.3) is 0 Å². The highest BCUT2D eigenvalue weighted by Crippen LogP contribution is 2.19. The van der Waals surface area contributed by atoms with Crippen LogP contribution in [-0.4, -0.2) is 14.8 Å². The van der Waals surface area contributed by atoms with Crippen LogP contribution >= 0.6 is 0 Å². The quantitative estimate of drug-likeness (QED) is 0.419. The molecule has 14 heavy (non-hydrogen) atoms. The summed E-state index contributed by atoms with van der Waals surface area (Å²) in [5.74, 6) is -1.05. The standard InChI is InChI=1S/C3H2N5O6/c9-6(10)1-2(7(11)12)4-5-3(1)8(13)14/h4-5H. The third-order valence-corrected chi connectivity index (χ3v) is 1.30. The lowest BCUT2D eigenvalue weighted by atomic mass is 10.4. The van der Waals surface area contributed by atoms with E-state index < -0.39 is 32.5 Å². The number of nitrogens with zero attached hydrogens (tertiary/aromatic N) is 3. The number of nitro groups is 3. The highest BCUT2D eigenvalue weighted by atomic mass is 16.7. The molecule has 0 aliphatic carbocycles. The van der Waals surface area contributed by atoms with Gasteiger partial charge in [0.2, 0.25) is 0 Å². The van der Waals surface area contributed by atoms with Gasteiger partial charge in [-0.3, -0.25) is 20.2 Å². The lowest BCUT2D eigenvalue weighted by Crippen LogP contribution is -2.33. The molecule has 75 valence electrons. The molecule has 0 atom stereocenters. The zero-order chi connectivity index (χ0) is 10.9. The maximum Gasteiger partial charge on any atom is 0.501 e. The van der Waals surface area contributed by atoms with Gasteiger partial charge in [0.05, 0.1) is 9.85 Å². The molecule has 1 heterocycles. The first kappa shape index (κ1) is 9.79. The lowest BCUT2D eigenvalue weighted by molar-refractivity contribution is -0.520. The van der Waals surface area contributed by atoms with Crippen LogP contribution in [-0.2, 0) is 0 Å². The lowest BCUT2D eigenvalue weighted by Gasteiger charge is -1.92. The Bertz CT molecular complexity index is 347. The van der Waals surface area contributed by atoms with E-state index in [1.54, 1.807) is 10.9 Å². The molecule has 0 fully saturated rings. The van der Waals surface area contributed by atoms with Gasteiger partial charge in [-0.15, -0.1) is 0 Å². The molecule has 1 radical (unpaired) electrons. The summed E-state index contributed by atoms with van der Waals surface area (Å²) in [6, 6.07) is 0. The summed E-state index contributed by atoms with van der Waals surface area (Å²) in [6.45, 7) is 0. The van der Waals surface area contributed by atoms with Gasteiger partial charge in [0.25, 0.3) is 0 Å². The van der Waals surface area contributed by atoms with Gasteiger partial charge in [-0.05, 0) is 4.92 Å². The number of hydrogen-bond donors (Lipinski definition) is 2. The summed E-state index contributed by atoms with van der Waals surface area (Å²) in [4.78, 5) is 27.2. The van der Waals surface area contributed by atoms with E-state index in [0.29, 0.717) is 0 Å². The highest BCUT2D eigenvalue weighted by Gasteiger charge is 2.54. The van der Waals surface area contributed by atoms with Crippen molar-refractivity contribution in [2.24, 2.45) is 0 Å². The van der Waals surface area contributed by atoms with Crippen LogP contribution in [0, 0.1) is 36.5 Å². The van der Waals surface area contributed by atoms with Crippen LogP contribution in [0.2, 0.25) is 0 Å². The molecule has 2 N–H and O–H groups in total. The van der Waals surface area contributed by atoms with E-state index >= 15 is 0 Å². The van der Waals surface area contributed by atoms with E-state index in [-0.39, 0.29) is 0 Å². The van der Waals surface area contributed by atoms with Gasteiger partial charge >= 0.3 is 17.7 Å². The van der Waals surface area contributed by atoms with E-state index in [0.717, 1.165) is 0 Å². The van der Waals surface area contributed by atoms with E-state index in [1.165, 1.54) is 0 Å². The van der Waals surface area contributed by atoms with Gasteiger partial charge in [0.15, 0.2) is 0 Å². The second-order valence-corrected chi connectivity index (χ2v) is 2.07. The average molecular weight is 204 g/mol. The zero-order valence-electron chi connectivity index (χ0n) is 6.29. The predicted molar refractivity (Wildman–Crippen MR) is 37.5 cm³/mol. The Hall–Kier alpha value is -2.30. The maximum atomic E-state index is 10.3. The molecule has 0 saturated heterocycles. The molecule has 0 aromatic heterocycles. The van der Waals surface area contributed by atoms with Gasteiger partial charge < -0.3 is 10.1 Å². The Morgan fingerprint density at radius 1 is 0.857 bits per heavy atom. The van der Waals surface area contributed by atoms with Gasteiger partial charge in [-0.1, -0.05) is 5.43 Å². The molecule has 0 saturated carbocycles. The maximum absolute atomic E-state index is 10.3. The Labute approximate surface area is 74.8 Å². The molecule has 0 bridgehead atoms. The molecular formula is C3H2N5O6. The summed E-state index contributed by atoms with van der Waals surface area (Å²) < 4.78 is 0. The van der Waals surface area contributed by atoms with Crippen LogP contribution in [0.3, 0.4) is 0 Å². The highest BCUT2D eigenvalue weighted by molar-refractivity contribution is 5.17. The zero-order valence-corrected chi connectivity index (χ0v) is 6.29. The minimum Gasteiger partial charge on any atom is -0.358 e. The first-order valence-electron chi connectivity index (χ1n) is 3.02. The summed E-state index contributed by atoms with van der Waals surface area (Å²) >= 11 is 0. The summed E-state index contributed by atoms with van der Waals surface area (Å²) in [5, 5.41) is 30.6. The minimum atomic E-state index is -1.21. The average Bonchev–Trinajstić information content (AvgIpc) is 2.46. The minimum absolute atomic E-state index is 1.05. The van der Waals surface area contributed by atoms with Crippen LogP contribution in [0.1, 0.15) is 0 Å². The second-order valence-electron chi connectivity index (χ2n) is 2.07. The first-order valence-corrected chi connectivity index (χ1v) is 3.02. The Balaban J connectivity index is 3.15. The summed E-state index contributed by atoms with van der Waals surface area (Å²) in [7, 11) is 0. The van der Waals surface area contributed by atoms with E-state index in [4.69, 9.17) is 0 Å². The molecule has 0 aromatic carbocycles. The molecule has 1 rings (SSSR count). The molecule has 0 unspecified atom stereocenters. The molecular weight excluding hydrogens is 202 g/mol. The second kappa shape index (κ2) is 3.21. The van der Waals surface area contributed by atoms with Crippen molar-refractivity contribution in [3.63, 3.8) is 0 Å². The third-order valence-electron chi connectivity index (χ3n) is 1.30. The fraction of sp³-hybridized carbons (Fsp3) is 0. The van der Waals surface area contributed by atoms with Gasteiger partial charge in [-0.2, -0.15) is 5.43 Å². The van der Waals surface area contributed by atoms with E-state index in [1.807, 2.05) is 0 Å². The number of hydrogen-bond acceptors (Lipinski definition) is 8. The molecule has 1 aliphatic rings. The molecule has 0 amide bonds. The molecule has 0 aromatic rings. The van der Waals surface area contributed by atoms with Crippen LogP contribution < -0.4 is 10.9 Å². The monoisotopic (exact) mass is 204 g/mol. The summed E-state index contributed by atoms with van der Waals surface area (Å²) in [6.07, 6.45) is -1.05. The topological polar surface area (TPSA) is 153 Å². The fourth-order valence-electron chi connectivity index (χ4n) is 0.786. The van der Waals surface area contributed by atoms with Gasteiger partial charge in [-0.25, -0.2) is 0 Å². The first-order chi connectivity index (χ1) is 6.45. The fourth-order valence-corrected chi connectivity index (χ4v) is 0.786. The van der Waals surface area contributed by atoms with Crippen molar-refractivity contribution >= 4 is 0 Å². The SMILES string of the molecule is O=[N+]([O-])[C]1NNC([N+](=O)[O-])=C1[N+](=O)[O-]. The van der Waals surface area contributed by atoms with E-state index in [9.17, 15) is 30.3 Å². The molecule has 1 aliphatic heterocycles. The normalized spacial score (nSPS) is 16.6. The van der Waals surface area contributed by atoms with Crippen molar-refractivity contribution < 1.29 is 14.8 Å². The van der Waals surface area contributed by atoms with E-state index in [2.05, 4.69) is 0 Å². The van der Waals surface area contributed by atoms with Crippen LogP contribution in [0.4, 0.5) is 0 Å². The Kier molecular flexibility index (Phi) is 2.25. The van der Waals surface area contributed by atoms with Crippen LogP contribution in [0.5, 0.6) is 0 Å².